The molecule has 19 heavy (non-hydrogen) atoms. The fourth-order valence-electron chi connectivity index (χ4n) is 4.38. The van der Waals surface area contributed by atoms with Crippen molar-refractivity contribution in [2.45, 2.75) is 71.1 Å². The quantitative estimate of drug-likeness (QED) is 0.521. The molecule has 0 aliphatic heterocycles. The number of allylic oxidation sites excluding steroid dienone is 3. The van der Waals surface area contributed by atoms with E-state index in [1.54, 1.807) is 0 Å². The molecular weight excluding hydrogens is 228 g/mol. The Morgan fingerprint density at radius 2 is 1.47 bits per heavy atom. The minimum absolute atomic E-state index is 0.894. The lowest BCUT2D eigenvalue weighted by molar-refractivity contribution is 0.153. The minimum Gasteiger partial charge on any atom is -0.103 e. The van der Waals surface area contributed by atoms with E-state index in [2.05, 4.69) is 31.7 Å². The van der Waals surface area contributed by atoms with Gasteiger partial charge in [0.15, 0.2) is 0 Å². The molecule has 0 spiro atoms. The third-order valence-corrected chi connectivity index (χ3v) is 5.62. The van der Waals surface area contributed by atoms with Crippen molar-refractivity contribution in [3.05, 3.63) is 24.8 Å². The molecule has 108 valence electrons. The molecular formula is C19H32. The number of hydrogen-bond acceptors (Lipinski definition) is 0. The first-order valence-corrected chi connectivity index (χ1v) is 8.57. The minimum atomic E-state index is 0.894. The van der Waals surface area contributed by atoms with Gasteiger partial charge in [-0.2, -0.15) is 0 Å². The first kappa shape index (κ1) is 14.9. The number of rotatable bonds is 5. The molecule has 0 bridgehead atoms. The Balaban J connectivity index is 1.69. The van der Waals surface area contributed by atoms with E-state index < -0.39 is 0 Å². The fourth-order valence-corrected chi connectivity index (χ4v) is 4.38. The maximum absolute atomic E-state index is 3.85. The van der Waals surface area contributed by atoms with Gasteiger partial charge in [-0.15, -0.1) is 6.58 Å². The Morgan fingerprint density at radius 1 is 0.895 bits per heavy atom. The average molecular weight is 260 g/mol. The SMILES string of the molecule is C=CCCC1CCC(C2CCC(/C=C/C)CC2)CC1. The lowest BCUT2D eigenvalue weighted by Crippen LogP contribution is -2.25. The molecule has 0 amide bonds. The summed E-state index contributed by atoms with van der Waals surface area (Å²) in [5, 5.41) is 0. The fraction of sp³-hybridized carbons (Fsp3) is 0.789. The van der Waals surface area contributed by atoms with Crippen molar-refractivity contribution < 1.29 is 0 Å². The summed E-state index contributed by atoms with van der Waals surface area (Å²) in [5.74, 6) is 4.02. The van der Waals surface area contributed by atoms with E-state index in [4.69, 9.17) is 0 Å². The van der Waals surface area contributed by atoms with Gasteiger partial charge in [-0.25, -0.2) is 0 Å². The molecule has 2 aliphatic carbocycles. The Morgan fingerprint density at radius 3 is 2.00 bits per heavy atom. The van der Waals surface area contributed by atoms with E-state index in [0.717, 1.165) is 23.7 Å². The second-order valence-corrected chi connectivity index (χ2v) is 6.85. The molecule has 0 heterocycles. The zero-order chi connectivity index (χ0) is 13.5. The van der Waals surface area contributed by atoms with Crippen LogP contribution >= 0.6 is 0 Å². The molecule has 2 rings (SSSR count). The van der Waals surface area contributed by atoms with Crippen molar-refractivity contribution in [2.75, 3.05) is 0 Å². The third-order valence-electron chi connectivity index (χ3n) is 5.62. The molecule has 0 aromatic heterocycles. The normalized spacial score (nSPS) is 36.5. The first-order chi connectivity index (χ1) is 9.33. The van der Waals surface area contributed by atoms with Crippen LogP contribution in [0.15, 0.2) is 24.8 Å². The summed E-state index contributed by atoms with van der Waals surface area (Å²) >= 11 is 0. The molecule has 2 saturated carbocycles. The van der Waals surface area contributed by atoms with Crippen LogP contribution in [0.4, 0.5) is 0 Å². The van der Waals surface area contributed by atoms with Crippen molar-refractivity contribution >= 4 is 0 Å². The smallest absolute Gasteiger partial charge is 0.0233 e. The van der Waals surface area contributed by atoms with Crippen LogP contribution in [-0.2, 0) is 0 Å². The van der Waals surface area contributed by atoms with Crippen LogP contribution in [0, 0.1) is 23.7 Å². The van der Waals surface area contributed by atoms with Gasteiger partial charge in [0, 0.05) is 0 Å². The van der Waals surface area contributed by atoms with Crippen molar-refractivity contribution in [3.63, 3.8) is 0 Å². The lowest BCUT2D eigenvalue weighted by Gasteiger charge is -2.37. The monoisotopic (exact) mass is 260 g/mol. The Labute approximate surface area is 120 Å². The highest BCUT2D eigenvalue weighted by Crippen LogP contribution is 2.42. The molecule has 0 saturated heterocycles. The maximum atomic E-state index is 3.85. The van der Waals surface area contributed by atoms with Gasteiger partial charge in [-0.1, -0.05) is 31.1 Å². The predicted octanol–water partition coefficient (Wildman–Crippen LogP) is 6.14. The van der Waals surface area contributed by atoms with Crippen LogP contribution in [0.3, 0.4) is 0 Å². The van der Waals surface area contributed by atoms with Crippen LogP contribution in [-0.4, -0.2) is 0 Å². The summed E-state index contributed by atoms with van der Waals surface area (Å²) in [7, 11) is 0. The van der Waals surface area contributed by atoms with E-state index in [1.165, 1.54) is 64.2 Å². The van der Waals surface area contributed by atoms with Crippen LogP contribution in [0.2, 0.25) is 0 Å². The van der Waals surface area contributed by atoms with Gasteiger partial charge in [-0.3, -0.25) is 0 Å². The van der Waals surface area contributed by atoms with Crippen molar-refractivity contribution in [1.29, 1.82) is 0 Å². The molecule has 2 aliphatic rings. The largest absolute Gasteiger partial charge is 0.103 e. The molecule has 0 atom stereocenters. The zero-order valence-corrected chi connectivity index (χ0v) is 12.8. The number of hydrogen-bond donors (Lipinski definition) is 0. The summed E-state index contributed by atoms with van der Waals surface area (Å²) in [6.07, 6.45) is 21.3. The highest BCUT2D eigenvalue weighted by atomic mass is 14.3. The van der Waals surface area contributed by atoms with E-state index in [1.807, 2.05) is 0 Å². The topological polar surface area (TPSA) is 0 Å². The van der Waals surface area contributed by atoms with Gasteiger partial charge in [0.05, 0.1) is 0 Å². The molecule has 2 fully saturated rings. The average Bonchev–Trinajstić information content (AvgIpc) is 2.47. The maximum Gasteiger partial charge on any atom is -0.0233 e. The standard InChI is InChI=1S/C19H32/c1-3-5-7-17-10-14-19(15-11-17)18-12-8-16(6-4-2)9-13-18/h3-4,6,16-19H,1,5,7-15H2,2H3/b6-4+. The van der Waals surface area contributed by atoms with Crippen LogP contribution in [0.1, 0.15) is 71.1 Å². The summed E-state index contributed by atoms with van der Waals surface area (Å²) in [6.45, 7) is 6.01. The van der Waals surface area contributed by atoms with Crippen molar-refractivity contribution in [3.8, 4) is 0 Å². The molecule has 0 aromatic rings. The highest BCUT2D eigenvalue weighted by Gasteiger charge is 2.29. The van der Waals surface area contributed by atoms with Gasteiger partial charge in [0.1, 0.15) is 0 Å². The van der Waals surface area contributed by atoms with Crippen LogP contribution in [0.25, 0.3) is 0 Å². The zero-order valence-electron chi connectivity index (χ0n) is 12.8. The molecule has 0 nitrogen and oxygen atoms in total. The predicted molar refractivity (Wildman–Crippen MR) is 85.1 cm³/mol. The Hall–Kier alpha value is -0.520. The summed E-state index contributed by atoms with van der Waals surface area (Å²) in [6, 6.07) is 0. The second-order valence-electron chi connectivity index (χ2n) is 6.85. The molecule has 0 heteroatoms. The lowest BCUT2D eigenvalue weighted by atomic mass is 9.68. The summed E-state index contributed by atoms with van der Waals surface area (Å²) in [4.78, 5) is 0. The molecule has 0 unspecified atom stereocenters. The van der Waals surface area contributed by atoms with Crippen molar-refractivity contribution in [2.24, 2.45) is 23.7 Å². The molecule has 0 radical (unpaired) electrons. The highest BCUT2D eigenvalue weighted by molar-refractivity contribution is 4.90. The van der Waals surface area contributed by atoms with Crippen LogP contribution in [0.5, 0.6) is 0 Å². The van der Waals surface area contributed by atoms with E-state index in [9.17, 15) is 0 Å². The van der Waals surface area contributed by atoms with Gasteiger partial charge in [0.2, 0.25) is 0 Å². The van der Waals surface area contributed by atoms with E-state index >= 15 is 0 Å². The second kappa shape index (κ2) is 7.92. The van der Waals surface area contributed by atoms with Gasteiger partial charge >= 0.3 is 0 Å². The van der Waals surface area contributed by atoms with Crippen LogP contribution < -0.4 is 0 Å². The summed E-state index contributed by atoms with van der Waals surface area (Å²) in [5.41, 5.74) is 0. The Bertz CT molecular complexity index is 272. The first-order valence-electron chi connectivity index (χ1n) is 8.57. The van der Waals surface area contributed by atoms with Gasteiger partial charge in [0.25, 0.3) is 0 Å². The summed E-state index contributed by atoms with van der Waals surface area (Å²) < 4.78 is 0. The van der Waals surface area contributed by atoms with Gasteiger partial charge < -0.3 is 0 Å². The molecule has 0 N–H and O–H groups in total. The Kier molecular flexibility index (Phi) is 6.20. The third kappa shape index (κ3) is 4.51. The molecule has 0 aromatic carbocycles. The van der Waals surface area contributed by atoms with E-state index in [0.29, 0.717) is 0 Å². The van der Waals surface area contributed by atoms with E-state index in [-0.39, 0.29) is 0 Å². The van der Waals surface area contributed by atoms with Gasteiger partial charge in [-0.05, 0) is 82.0 Å². The van der Waals surface area contributed by atoms with Crippen molar-refractivity contribution in [1.82, 2.24) is 0 Å².